The molecule has 0 saturated heterocycles. The molecule has 1 atom stereocenters. The summed E-state index contributed by atoms with van der Waals surface area (Å²) in [6, 6.07) is 16.0. The van der Waals surface area contributed by atoms with Crippen molar-refractivity contribution >= 4 is 34.8 Å². The summed E-state index contributed by atoms with van der Waals surface area (Å²) in [5.41, 5.74) is 2.04. The van der Waals surface area contributed by atoms with Crippen molar-refractivity contribution in [3.05, 3.63) is 60.2 Å². The molecule has 0 fully saturated rings. The maximum absolute atomic E-state index is 12.1. The van der Waals surface area contributed by atoms with Crippen LogP contribution in [-0.2, 0) is 9.59 Å². The van der Waals surface area contributed by atoms with Crippen molar-refractivity contribution in [2.45, 2.75) is 12.3 Å². The molecule has 2 N–H and O–H groups in total. The number of nitrogens with one attached hydrogen (secondary N) is 2. The molecule has 2 aromatic rings. The molecule has 21 heavy (non-hydrogen) atoms. The molecule has 0 radical (unpaired) electrons. The second-order valence-corrected chi connectivity index (χ2v) is 4.96. The molecule has 0 spiro atoms. The van der Waals surface area contributed by atoms with Gasteiger partial charge in [0.05, 0.1) is 0 Å². The molecule has 108 valence electrons. The highest BCUT2D eigenvalue weighted by Gasteiger charge is 2.17. The molecule has 5 heteroatoms. The number of halogens is 1. The smallest absolute Gasteiger partial charge is 0.246 e. The van der Waals surface area contributed by atoms with Crippen molar-refractivity contribution in [2.75, 3.05) is 10.6 Å². The number of rotatable bonds is 4. The summed E-state index contributed by atoms with van der Waals surface area (Å²) < 4.78 is 0. The highest BCUT2D eigenvalue weighted by Crippen LogP contribution is 2.22. The summed E-state index contributed by atoms with van der Waals surface area (Å²) in [6.07, 6.45) is 0. The monoisotopic (exact) mass is 302 g/mol. The van der Waals surface area contributed by atoms with Gasteiger partial charge in [-0.3, -0.25) is 9.59 Å². The van der Waals surface area contributed by atoms with Gasteiger partial charge < -0.3 is 10.6 Å². The van der Waals surface area contributed by atoms with E-state index in [1.165, 1.54) is 6.92 Å². The molecule has 2 amide bonds. The van der Waals surface area contributed by atoms with E-state index < -0.39 is 5.38 Å². The van der Waals surface area contributed by atoms with Gasteiger partial charge in [-0.05, 0) is 29.8 Å². The van der Waals surface area contributed by atoms with Crippen molar-refractivity contribution in [3.8, 4) is 0 Å². The van der Waals surface area contributed by atoms with Gasteiger partial charge in [-0.25, -0.2) is 0 Å². The molecule has 2 aromatic carbocycles. The van der Waals surface area contributed by atoms with Crippen molar-refractivity contribution in [3.63, 3.8) is 0 Å². The summed E-state index contributed by atoms with van der Waals surface area (Å²) in [6.45, 7) is 1.44. The SMILES string of the molecule is CC(=O)Nc1ccc(NC(=O)[C@@H](Cl)c2ccccc2)cc1. The van der Waals surface area contributed by atoms with E-state index in [1.54, 1.807) is 36.4 Å². The lowest BCUT2D eigenvalue weighted by atomic mass is 10.1. The summed E-state index contributed by atoms with van der Waals surface area (Å²) in [4.78, 5) is 23.0. The second-order valence-electron chi connectivity index (χ2n) is 4.52. The first-order valence-corrected chi connectivity index (χ1v) is 6.87. The summed E-state index contributed by atoms with van der Waals surface area (Å²) >= 11 is 6.14. The summed E-state index contributed by atoms with van der Waals surface area (Å²) in [5.74, 6) is -0.438. The Morgan fingerprint density at radius 3 is 1.95 bits per heavy atom. The number of alkyl halides is 1. The number of carbonyl (C=O) groups is 2. The first kappa shape index (κ1) is 15.1. The Bertz CT molecular complexity index is 626. The van der Waals surface area contributed by atoms with Crippen LogP contribution in [0.15, 0.2) is 54.6 Å². The zero-order valence-electron chi connectivity index (χ0n) is 11.5. The Labute approximate surface area is 128 Å². The van der Waals surface area contributed by atoms with E-state index in [9.17, 15) is 9.59 Å². The Morgan fingerprint density at radius 2 is 1.43 bits per heavy atom. The Balaban J connectivity index is 2.01. The van der Waals surface area contributed by atoms with Gasteiger partial charge in [0, 0.05) is 18.3 Å². The fourth-order valence-electron chi connectivity index (χ4n) is 1.82. The highest BCUT2D eigenvalue weighted by atomic mass is 35.5. The molecule has 0 aliphatic heterocycles. The van der Waals surface area contributed by atoms with Gasteiger partial charge in [0.25, 0.3) is 0 Å². The maximum atomic E-state index is 12.1. The number of amides is 2. The van der Waals surface area contributed by atoms with Crippen molar-refractivity contribution in [2.24, 2.45) is 0 Å². The van der Waals surface area contributed by atoms with Crippen molar-refractivity contribution < 1.29 is 9.59 Å². The van der Waals surface area contributed by atoms with Crippen LogP contribution in [0.2, 0.25) is 0 Å². The van der Waals surface area contributed by atoms with Gasteiger partial charge in [0.1, 0.15) is 5.38 Å². The average molecular weight is 303 g/mol. The van der Waals surface area contributed by atoms with Crippen LogP contribution in [0.25, 0.3) is 0 Å². The standard InChI is InChI=1S/C16H15ClN2O2/c1-11(20)18-13-7-9-14(10-8-13)19-16(21)15(17)12-5-3-2-4-6-12/h2-10,15H,1H3,(H,18,20)(H,19,21)/t15-/m0/s1. The second kappa shape index (κ2) is 6.90. The van der Waals surface area contributed by atoms with E-state index in [1.807, 2.05) is 18.2 Å². The Morgan fingerprint density at radius 1 is 0.905 bits per heavy atom. The normalized spacial score (nSPS) is 11.5. The number of hydrogen-bond donors (Lipinski definition) is 2. The molecule has 0 aliphatic rings. The Hall–Kier alpha value is -2.33. The predicted molar refractivity (Wildman–Crippen MR) is 84.4 cm³/mol. The molecule has 2 rings (SSSR count). The van der Waals surface area contributed by atoms with Gasteiger partial charge >= 0.3 is 0 Å². The molecule has 0 heterocycles. The van der Waals surface area contributed by atoms with Gasteiger partial charge in [-0.2, -0.15) is 0 Å². The third kappa shape index (κ3) is 4.33. The summed E-state index contributed by atoms with van der Waals surface area (Å²) in [7, 11) is 0. The highest BCUT2D eigenvalue weighted by molar-refractivity contribution is 6.32. The van der Waals surface area contributed by atoms with Crippen molar-refractivity contribution in [1.82, 2.24) is 0 Å². The van der Waals surface area contributed by atoms with Gasteiger partial charge in [0.2, 0.25) is 11.8 Å². The van der Waals surface area contributed by atoms with Crippen LogP contribution in [0.3, 0.4) is 0 Å². The molecule has 0 aliphatic carbocycles. The van der Waals surface area contributed by atoms with Gasteiger partial charge in [-0.15, -0.1) is 11.6 Å². The lowest BCUT2D eigenvalue weighted by Crippen LogP contribution is -2.17. The average Bonchev–Trinajstić information content (AvgIpc) is 2.49. The first-order valence-electron chi connectivity index (χ1n) is 6.44. The minimum atomic E-state index is -0.749. The van der Waals surface area contributed by atoms with Crippen LogP contribution in [-0.4, -0.2) is 11.8 Å². The van der Waals surface area contributed by atoms with Crippen LogP contribution < -0.4 is 10.6 Å². The zero-order chi connectivity index (χ0) is 15.2. The van der Waals surface area contributed by atoms with E-state index in [0.717, 1.165) is 5.56 Å². The van der Waals surface area contributed by atoms with E-state index in [2.05, 4.69) is 10.6 Å². The van der Waals surface area contributed by atoms with E-state index >= 15 is 0 Å². The first-order chi connectivity index (χ1) is 10.1. The molecule has 0 saturated carbocycles. The van der Waals surface area contributed by atoms with Crippen LogP contribution in [0, 0.1) is 0 Å². The molecule has 4 nitrogen and oxygen atoms in total. The topological polar surface area (TPSA) is 58.2 Å². The minimum Gasteiger partial charge on any atom is -0.326 e. The van der Waals surface area contributed by atoms with Crippen LogP contribution >= 0.6 is 11.6 Å². The van der Waals surface area contributed by atoms with Crippen LogP contribution in [0.4, 0.5) is 11.4 Å². The number of anilines is 2. The molecule has 0 aromatic heterocycles. The molecular formula is C16H15ClN2O2. The van der Waals surface area contributed by atoms with E-state index in [-0.39, 0.29) is 11.8 Å². The molecule has 0 unspecified atom stereocenters. The Kier molecular flexibility index (Phi) is 4.95. The van der Waals surface area contributed by atoms with E-state index in [4.69, 9.17) is 11.6 Å². The van der Waals surface area contributed by atoms with Gasteiger partial charge in [-0.1, -0.05) is 30.3 Å². The number of benzene rings is 2. The lowest BCUT2D eigenvalue weighted by Gasteiger charge is -2.11. The fourth-order valence-corrected chi connectivity index (χ4v) is 2.02. The largest absolute Gasteiger partial charge is 0.326 e. The summed E-state index contributed by atoms with van der Waals surface area (Å²) in [5, 5.41) is 4.64. The van der Waals surface area contributed by atoms with Gasteiger partial charge in [0.15, 0.2) is 0 Å². The molecular weight excluding hydrogens is 288 g/mol. The third-order valence-corrected chi connectivity index (χ3v) is 3.25. The fraction of sp³-hybridized carbons (Fsp3) is 0.125. The minimum absolute atomic E-state index is 0.142. The maximum Gasteiger partial charge on any atom is 0.246 e. The third-order valence-electron chi connectivity index (χ3n) is 2.80. The quantitative estimate of drug-likeness (QED) is 0.848. The van der Waals surface area contributed by atoms with Crippen molar-refractivity contribution in [1.29, 1.82) is 0 Å². The molecule has 0 bridgehead atoms. The van der Waals surface area contributed by atoms with Crippen LogP contribution in [0.5, 0.6) is 0 Å². The van der Waals surface area contributed by atoms with E-state index in [0.29, 0.717) is 11.4 Å². The number of hydrogen-bond acceptors (Lipinski definition) is 2. The van der Waals surface area contributed by atoms with Crippen LogP contribution in [0.1, 0.15) is 17.9 Å². The predicted octanol–water partition coefficient (Wildman–Crippen LogP) is 3.56. The lowest BCUT2D eigenvalue weighted by molar-refractivity contribution is -0.116. The zero-order valence-corrected chi connectivity index (χ0v) is 12.2. The number of carbonyl (C=O) groups excluding carboxylic acids is 2.